The molecule has 2 aliphatic heterocycles. The minimum Gasteiger partial charge on any atom is -0.490 e. The minimum absolute atomic E-state index is 0.254. The van der Waals surface area contributed by atoms with Crippen LogP contribution in [0.2, 0.25) is 10.0 Å². The first-order valence-corrected chi connectivity index (χ1v) is 12.9. The van der Waals surface area contributed by atoms with E-state index in [2.05, 4.69) is 0 Å². The third kappa shape index (κ3) is 4.63. The van der Waals surface area contributed by atoms with Crippen LogP contribution < -0.4 is 19.4 Å². The standard InChI is InChI=1S/C28H26Cl2N2O5/c1-3-14-36-22-13-10-17(15-23(22)35-4-2)25-24-26(37-32(25)18-8-6-5-7-9-18)28(34)31(27(24)33)19-11-12-20(29)21(30)16-19/h5-13,15-16,24-26H,3-4,14H2,1-2H3/t24-,25+,26+/m1/s1. The van der Waals surface area contributed by atoms with Crippen LogP contribution in [0.15, 0.2) is 66.7 Å². The van der Waals surface area contributed by atoms with Crippen LogP contribution in [0.25, 0.3) is 0 Å². The fourth-order valence-electron chi connectivity index (χ4n) is 4.74. The van der Waals surface area contributed by atoms with Gasteiger partial charge in [-0.15, -0.1) is 0 Å². The van der Waals surface area contributed by atoms with Gasteiger partial charge < -0.3 is 9.47 Å². The van der Waals surface area contributed by atoms with Crippen molar-refractivity contribution in [2.75, 3.05) is 23.2 Å². The normalized spacial score (nSPS) is 20.9. The molecule has 9 heteroatoms. The highest BCUT2D eigenvalue weighted by Crippen LogP contribution is 2.49. The van der Waals surface area contributed by atoms with Gasteiger partial charge in [0.2, 0.25) is 5.91 Å². The van der Waals surface area contributed by atoms with E-state index in [1.54, 1.807) is 17.2 Å². The first-order chi connectivity index (χ1) is 17.9. The Labute approximate surface area is 225 Å². The summed E-state index contributed by atoms with van der Waals surface area (Å²) >= 11 is 12.2. The monoisotopic (exact) mass is 540 g/mol. The lowest BCUT2D eigenvalue weighted by molar-refractivity contribution is -0.126. The van der Waals surface area contributed by atoms with Crippen LogP contribution in [0.5, 0.6) is 11.5 Å². The smallest absolute Gasteiger partial charge is 0.266 e. The Morgan fingerprint density at radius 3 is 2.32 bits per heavy atom. The summed E-state index contributed by atoms with van der Waals surface area (Å²) in [6.45, 7) is 4.93. The molecule has 0 radical (unpaired) electrons. The van der Waals surface area contributed by atoms with E-state index in [0.29, 0.717) is 35.4 Å². The van der Waals surface area contributed by atoms with Crippen molar-refractivity contribution in [3.8, 4) is 11.5 Å². The third-order valence-corrected chi connectivity index (χ3v) is 7.10. The number of rotatable bonds is 8. The van der Waals surface area contributed by atoms with Crippen LogP contribution in [0.1, 0.15) is 31.9 Å². The zero-order valence-electron chi connectivity index (χ0n) is 20.4. The van der Waals surface area contributed by atoms with E-state index in [1.807, 2.05) is 62.4 Å². The number of fused-ring (bicyclic) bond motifs is 1. The van der Waals surface area contributed by atoms with Crippen LogP contribution in [0.3, 0.4) is 0 Å². The number of hydroxylamine groups is 1. The highest BCUT2D eigenvalue weighted by Gasteiger charge is 2.60. The van der Waals surface area contributed by atoms with Gasteiger partial charge in [-0.1, -0.05) is 54.4 Å². The van der Waals surface area contributed by atoms with Gasteiger partial charge >= 0.3 is 0 Å². The van der Waals surface area contributed by atoms with Gasteiger partial charge in [0.05, 0.1) is 40.7 Å². The first kappa shape index (κ1) is 25.4. The molecule has 192 valence electrons. The van der Waals surface area contributed by atoms with Gasteiger partial charge in [-0.25, -0.2) is 9.96 Å². The Bertz CT molecular complexity index is 1320. The number of benzene rings is 3. The minimum atomic E-state index is -1.00. The summed E-state index contributed by atoms with van der Waals surface area (Å²) in [7, 11) is 0. The number of hydrogen-bond acceptors (Lipinski definition) is 6. The Morgan fingerprint density at radius 1 is 0.838 bits per heavy atom. The zero-order valence-corrected chi connectivity index (χ0v) is 21.9. The average Bonchev–Trinajstić information content (AvgIpc) is 3.41. The van der Waals surface area contributed by atoms with E-state index >= 15 is 0 Å². The number of hydrogen-bond donors (Lipinski definition) is 0. The molecule has 2 amide bonds. The molecule has 0 saturated carbocycles. The maximum atomic E-state index is 13.8. The summed E-state index contributed by atoms with van der Waals surface area (Å²) in [4.78, 5) is 34.7. The maximum absolute atomic E-state index is 13.8. The molecule has 3 aromatic rings. The first-order valence-electron chi connectivity index (χ1n) is 12.2. The average molecular weight is 541 g/mol. The number of carbonyl (C=O) groups is 2. The largest absolute Gasteiger partial charge is 0.490 e. The second-order valence-electron chi connectivity index (χ2n) is 8.76. The molecule has 3 atom stereocenters. The van der Waals surface area contributed by atoms with Crippen molar-refractivity contribution >= 4 is 46.4 Å². The van der Waals surface area contributed by atoms with E-state index < -0.39 is 24.0 Å². The van der Waals surface area contributed by atoms with Crippen molar-refractivity contribution in [1.82, 2.24) is 0 Å². The molecular weight excluding hydrogens is 515 g/mol. The lowest BCUT2D eigenvalue weighted by Crippen LogP contribution is -2.37. The number of carbonyl (C=O) groups excluding carboxylic acids is 2. The highest BCUT2D eigenvalue weighted by molar-refractivity contribution is 6.42. The van der Waals surface area contributed by atoms with Crippen LogP contribution in [-0.4, -0.2) is 31.1 Å². The van der Waals surface area contributed by atoms with Crippen LogP contribution in [0.4, 0.5) is 11.4 Å². The number of imide groups is 1. The molecule has 0 aromatic heterocycles. The van der Waals surface area contributed by atoms with Gasteiger partial charge in [-0.2, -0.15) is 0 Å². The summed E-state index contributed by atoms with van der Waals surface area (Å²) in [5.74, 6) is -0.423. The molecule has 2 aliphatic rings. The number of anilines is 2. The lowest BCUT2D eigenvalue weighted by atomic mass is 9.90. The molecule has 3 aromatic carbocycles. The van der Waals surface area contributed by atoms with Gasteiger partial charge in [0.15, 0.2) is 17.6 Å². The molecule has 0 unspecified atom stereocenters. The SMILES string of the molecule is CCCOc1ccc([C@H]2[C@H]3C(=O)N(c4ccc(Cl)c(Cl)c4)C(=O)[C@H]3ON2c2ccccc2)cc1OCC. The molecule has 37 heavy (non-hydrogen) atoms. The van der Waals surface area contributed by atoms with Crippen molar-refractivity contribution in [2.45, 2.75) is 32.4 Å². The summed E-state index contributed by atoms with van der Waals surface area (Å²) in [5, 5.41) is 2.24. The molecule has 0 N–H and O–H groups in total. The van der Waals surface area contributed by atoms with Crippen LogP contribution in [-0.2, 0) is 14.4 Å². The zero-order chi connectivity index (χ0) is 26.1. The summed E-state index contributed by atoms with van der Waals surface area (Å²) in [6.07, 6.45) is -0.144. The predicted octanol–water partition coefficient (Wildman–Crippen LogP) is 6.23. The van der Waals surface area contributed by atoms with Gasteiger partial charge in [-0.3, -0.25) is 14.4 Å². The predicted molar refractivity (Wildman–Crippen MR) is 142 cm³/mol. The van der Waals surface area contributed by atoms with Gasteiger partial charge in [0, 0.05) is 0 Å². The van der Waals surface area contributed by atoms with E-state index in [-0.39, 0.29) is 10.9 Å². The molecule has 7 nitrogen and oxygen atoms in total. The summed E-state index contributed by atoms with van der Waals surface area (Å²) in [5.41, 5.74) is 1.85. The van der Waals surface area contributed by atoms with Crippen molar-refractivity contribution in [2.24, 2.45) is 5.92 Å². The lowest BCUT2D eigenvalue weighted by Gasteiger charge is -2.29. The molecule has 5 rings (SSSR count). The second-order valence-corrected chi connectivity index (χ2v) is 9.57. The van der Waals surface area contributed by atoms with Gasteiger partial charge in [0.1, 0.15) is 5.92 Å². The van der Waals surface area contributed by atoms with Crippen molar-refractivity contribution < 1.29 is 23.9 Å². The van der Waals surface area contributed by atoms with Gasteiger partial charge in [-0.05, 0) is 61.4 Å². The molecule has 0 bridgehead atoms. The summed E-state index contributed by atoms with van der Waals surface area (Å²) < 4.78 is 11.7. The van der Waals surface area contributed by atoms with Gasteiger partial charge in [0.25, 0.3) is 5.91 Å². The van der Waals surface area contributed by atoms with E-state index in [0.717, 1.165) is 22.6 Å². The number of halogens is 2. The van der Waals surface area contributed by atoms with E-state index in [9.17, 15) is 9.59 Å². The van der Waals surface area contributed by atoms with Crippen molar-refractivity contribution in [1.29, 1.82) is 0 Å². The fourth-order valence-corrected chi connectivity index (χ4v) is 5.03. The topological polar surface area (TPSA) is 68.3 Å². The molecular formula is C28H26Cl2N2O5. The number of para-hydroxylation sites is 1. The van der Waals surface area contributed by atoms with E-state index in [1.165, 1.54) is 6.07 Å². The maximum Gasteiger partial charge on any atom is 0.266 e. The van der Waals surface area contributed by atoms with E-state index in [4.69, 9.17) is 37.5 Å². The molecule has 2 heterocycles. The molecule has 2 fully saturated rings. The molecule has 2 saturated heterocycles. The molecule has 0 spiro atoms. The number of nitrogens with zero attached hydrogens (tertiary/aromatic N) is 2. The van der Waals surface area contributed by atoms with Crippen LogP contribution in [0, 0.1) is 5.92 Å². The van der Waals surface area contributed by atoms with Crippen molar-refractivity contribution in [3.63, 3.8) is 0 Å². The Balaban J connectivity index is 1.57. The fraction of sp³-hybridized carbons (Fsp3) is 0.286. The number of ether oxygens (including phenoxy) is 2. The highest BCUT2D eigenvalue weighted by atomic mass is 35.5. The van der Waals surface area contributed by atoms with Crippen molar-refractivity contribution in [3.05, 3.63) is 82.3 Å². The second kappa shape index (κ2) is 10.6. The Kier molecular flexibility index (Phi) is 7.29. The molecule has 0 aliphatic carbocycles. The summed E-state index contributed by atoms with van der Waals surface area (Å²) in [6, 6.07) is 19.1. The Morgan fingerprint density at radius 2 is 1.62 bits per heavy atom. The number of amides is 2. The Hall–Kier alpha value is -3.26. The quantitative estimate of drug-likeness (QED) is 0.315. The third-order valence-electron chi connectivity index (χ3n) is 6.36. The van der Waals surface area contributed by atoms with Crippen LogP contribution >= 0.6 is 23.2 Å².